The standard InChI is InChI=1S/C5H10N2O2/c8-6-4-2-1-3-5(4)7-9/h4,6,8-9H,1-3H2. The molecule has 0 aromatic carbocycles. The molecule has 4 nitrogen and oxygen atoms in total. The summed E-state index contributed by atoms with van der Waals surface area (Å²) >= 11 is 0. The first-order valence-electron chi connectivity index (χ1n) is 2.99. The summed E-state index contributed by atoms with van der Waals surface area (Å²) in [6.07, 6.45) is 2.63. The molecule has 0 aromatic heterocycles. The van der Waals surface area contributed by atoms with Crippen molar-refractivity contribution in [3.8, 4) is 0 Å². The van der Waals surface area contributed by atoms with E-state index in [4.69, 9.17) is 10.4 Å². The number of hydrogen-bond donors (Lipinski definition) is 3. The van der Waals surface area contributed by atoms with Crippen LogP contribution in [0.5, 0.6) is 0 Å². The van der Waals surface area contributed by atoms with Crippen molar-refractivity contribution in [1.82, 2.24) is 5.48 Å². The second-order valence-corrected chi connectivity index (χ2v) is 2.17. The molecule has 1 aliphatic rings. The SMILES string of the molecule is ON=C1CCCC1NO. The molecule has 1 unspecified atom stereocenters. The van der Waals surface area contributed by atoms with Gasteiger partial charge in [0.2, 0.25) is 0 Å². The van der Waals surface area contributed by atoms with E-state index in [-0.39, 0.29) is 6.04 Å². The third kappa shape index (κ3) is 1.20. The van der Waals surface area contributed by atoms with Crippen molar-refractivity contribution in [3.05, 3.63) is 0 Å². The molecule has 52 valence electrons. The van der Waals surface area contributed by atoms with E-state index in [0.717, 1.165) is 19.3 Å². The Morgan fingerprint density at radius 3 is 2.89 bits per heavy atom. The zero-order valence-electron chi connectivity index (χ0n) is 5.04. The Labute approximate surface area is 53.1 Å². The molecule has 1 fully saturated rings. The molecule has 3 N–H and O–H groups in total. The van der Waals surface area contributed by atoms with Gasteiger partial charge in [-0.15, -0.1) is 0 Å². The zero-order valence-corrected chi connectivity index (χ0v) is 5.04. The lowest BCUT2D eigenvalue weighted by Gasteiger charge is -2.04. The van der Waals surface area contributed by atoms with Gasteiger partial charge in [0.15, 0.2) is 0 Å². The van der Waals surface area contributed by atoms with Gasteiger partial charge < -0.3 is 10.4 Å². The summed E-state index contributed by atoms with van der Waals surface area (Å²) < 4.78 is 0. The predicted molar refractivity (Wildman–Crippen MR) is 31.8 cm³/mol. The molecule has 4 heteroatoms. The Balaban J connectivity index is 2.52. The number of hydrogen-bond acceptors (Lipinski definition) is 4. The highest BCUT2D eigenvalue weighted by atomic mass is 16.5. The second kappa shape index (κ2) is 2.80. The maximum absolute atomic E-state index is 8.43. The Morgan fingerprint density at radius 2 is 2.44 bits per heavy atom. The first-order chi connectivity index (χ1) is 4.38. The van der Waals surface area contributed by atoms with Gasteiger partial charge in [-0.2, -0.15) is 5.48 Å². The quantitative estimate of drug-likeness (QED) is 0.354. The fourth-order valence-electron chi connectivity index (χ4n) is 1.09. The van der Waals surface area contributed by atoms with E-state index in [1.54, 1.807) is 0 Å². The molecule has 1 atom stereocenters. The maximum atomic E-state index is 8.43. The van der Waals surface area contributed by atoms with Crippen molar-refractivity contribution >= 4 is 5.71 Å². The highest BCUT2D eigenvalue weighted by Gasteiger charge is 2.21. The Bertz CT molecular complexity index is 124. The van der Waals surface area contributed by atoms with Crippen molar-refractivity contribution in [2.45, 2.75) is 25.3 Å². The number of oxime groups is 1. The Hall–Kier alpha value is -0.610. The molecule has 1 saturated carbocycles. The van der Waals surface area contributed by atoms with Crippen LogP contribution in [0.3, 0.4) is 0 Å². The minimum absolute atomic E-state index is 0.116. The molecule has 0 aromatic rings. The van der Waals surface area contributed by atoms with Crippen LogP contribution in [0.25, 0.3) is 0 Å². The summed E-state index contributed by atoms with van der Waals surface area (Å²) in [6, 6.07) is -0.116. The van der Waals surface area contributed by atoms with E-state index in [1.165, 1.54) is 0 Å². The highest BCUT2D eigenvalue weighted by molar-refractivity contribution is 5.90. The molecule has 0 saturated heterocycles. The first-order valence-corrected chi connectivity index (χ1v) is 2.99. The van der Waals surface area contributed by atoms with E-state index in [9.17, 15) is 0 Å². The van der Waals surface area contributed by atoms with Crippen molar-refractivity contribution in [2.75, 3.05) is 0 Å². The van der Waals surface area contributed by atoms with E-state index in [2.05, 4.69) is 10.6 Å². The van der Waals surface area contributed by atoms with Gasteiger partial charge in [0.25, 0.3) is 0 Å². The van der Waals surface area contributed by atoms with Crippen LogP contribution in [-0.2, 0) is 0 Å². The minimum Gasteiger partial charge on any atom is -0.411 e. The largest absolute Gasteiger partial charge is 0.411 e. The molecule has 0 radical (unpaired) electrons. The van der Waals surface area contributed by atoms with Gasteiger partial charge in [-0.1, -0.05) is 5.16 Å². The smallest absolute Gasteiger partial charge is 0.0763 e. The van der Waals surface area contributed by atoms with Crippen molar-refractivity contribution < 1.29 is 10.4 Å². The van der Waals surface area contributed by atoms with Gasteiger partial charge in [0, 0.05) is 0 Å². The number of hydroxylamine groups is 1. The number of rotatable bonds is 1. The van der Waals surface area contributed by atoms with Gasteiger partial charge in [0.05, 0.1) is 11.8 Å². The van der Waals surface area contributed by atoms with Gasteiger partial charge in [-0.25, -0.2) is 0 Å². The molecule has 0 aliphatic heterocycles. The summed E-state index contributed by atoms with van der Waals surface area (Å²) in [5, 5.41) is 19.8. The molecule has 1 aliphatic carbocycles. The molecule has 0 bridgehead atoms. The fraction of sp³-hybridized carbons (Fsp3) is 0.800. The molecule has 0 spiro atoms. The van der Waals surface area contributed by atoms with Crippen molar-refractivity contribution in [2.24, 2.45) is 5.16 Å². The van der Waals surface area contributed by atoms with Crippen LogP contribution in [-0.4, -0.2) is 22.2 Å². The normalized spacial score (nSPS) is 31.7. The summed E-state index contributed by atoms with van der Waals surface area (Å²) in [5.74, 6) is 0. The van der Waals surface area contributed by atoms with E-state index in [1.807, 2.05) is 0 Å². The van der Waals surface area contributed by atoms with Crippen LogP contribution >= 0.6 is 0 Å². The van der Waals surface area contributed by atoms with Crippen LogP contribution in [0, 0.1) is 0 Å². The lowest BCUT2D eigenvalue weighted by molar-refractivity contribution is 0.148. The molecule has 0 heterocycles. The van der Waals surface area contributed by atoms with E-state index in [0.29, 0.717) is 5.71 Å². The van der Waals surface area contributed by atoms with Crippen LogP contribution in [0.15, 0.2) is 5.16 Å². The van der Waals surface area contributed by atoms with Gasteiger partial charge >= 0.3 is 0 Å². The lowest BCUT2D eigenvalue weighted by atomic mass is 10.2. The molecule has 0 amide bonds. The third-order valence-electron chi connectivity index (χ3n) is 1.61. The van der Waals surface area contributed by atoms with E-state index >= 15 is 0 Å². The molecule has 1 rings (SSSR count). The monoisotopic (exact) mass is 130 g/mol. The van der Waals surface area contributed by atoms with Gasteiger partial charge in [0.1, 0.15) is 0 Å². The third-order valence-corrected chi connectivity index (χ3v) is 1.61. The average Bonchev–Trinajstić information content (AvgIpc) is 2.33. The highest BCUT2D eigenvalue weighted by Crippen LogP contribution is 2.14. The fourth-order valence-corrected chi connectivity index (χ4v) is 1.09. The van der Waals surface area contributed by atoms with Crippen molar-refractivity contribution in [3.63, 3.8) is 0 Å². The number of nitrogens with zero attached hydrogens (tertiary/aromatic N) is 1. The Morgan fingerprint density at radius 1 is 1.67 bits per heavy atom. The topological polar surface area (TPSA) is 64.9 Å². The van der Waals surface area contributed by atoms with Gasteiger partial charge in [-0.3, -0.25) is 0 Å². The molecular formula is C5H10N2O2. The maximum Gasteiger partial charge on any atom is 0.0763 e. The molecule has 9 heavy (non-hydrogen) atoms. The average molecular weight is 130 g/mol. The minimum atomic E-state index is -0.116. The Kier molecular flexibility index (Phi) is 2.02. The lowest BCUT2D eigenvalue weighted by Crippen LogP contribution is -2.29. The summed E-state index contributed by atoms with van der Waals surface area (Å²) in [4.78, 5) is 0. The van der Waals surface area contributed by atoms with E-state index < -0.39 is 0 Å². The van der Waals surface area contributed by atoms with Crippen LogP contribution < -0.4 is 5.48 Å². The second-order valence-electron chi connectivity index (χ2n) is 2.17. The molecular weight excluding hydrogens is 120 g/mol. The van der Waals surface area contributed by atoms with Crippen molar-refractivity contribution in [1.29, 1.82) is 0 Å². The van der Waals surface area contributed by atoms with Gasteiger partial charge in [-0.05, 0) is 19.3 Å². The first kappa shape index (κ1) is 6.51. The summed E-state index contributed by atoms with van der Waals surface area (Å²) in [7, 11) is 0. The van der Waals surface area contributed by atoms with Crippen LogP contribution in [0.4, 0.5) is 0 Å². The zero-order chi connectivity index (χ0) is 6.69. The number of nitrogens with one attached hydrogen (secondary N) is 1. The van der Waals surface area contributed by atoms with Crippen LogP contribution in [0.1, 0.15) is 19.3 Å². The van der Waals surface area contributed by atoms with Crippen LogP contribution in [0.2, 0.25) is 0 Å². The summed E-state index contributed by atoms with van der Waals surface area (Å²) in [5.41, 5.74) is 2.72. The summed E-state index contributed by atoms with van der Waals surface area (Å²) in [6.45, 7) is 0. The predicted octanol–water partition coefficient (Wildman–Crippen LogP) is 0.348.